The summed E-state index contributed by atoms with van der Waals surface area (Å²) in [6, 6.07) is 7.66. The number of ether oxygens (including phenoxy) is 1. The third kappa shape index (κ3) is 3.03. The van der Waals surface area contributed by atoms with E-state index in [9.17, 15) is 4.79 Å². The first kappa shape index (κ1) is 13.4. The minimum Gasteiger partial charge on any atom is -0.370 e. The minimum absolute atomic E-state index is 0.0382. The van der Waals surface area contributed by atoms with Crippen LogP contribution in [0.1, 0.15) is 22.8 Å². The summed E-state index contributed by atoms with van der Waals surface area (Å²) >= 11 is 5.82. The maximum atomic E-state index is 12.4. The zero-order valence-electron chi connectivity index (χ0n) is 10.7. The lowest BCUT2D eigenvalue weighted by atomic mass is 10.1. The SMILES string of the molecule is Cc1cccc(C(=O)N2CC(C)OC(CCl)C2)c1. The molecule has 1 aromatic carbocycles. The van der Waals surface area contributed by atoms with E-state index in [0.29, 0.717) is 19.0 Å². The summed E-state index contributed by atoms with van der Waals surface area (Å²) < 4.78 is 5.65. The molecule has 0 N–H and O–H groups in total. The molecule has 1 amide bonds. The molecule has 0 bridgehead atoms. The van der Waals surface area contributed by atoms with E-state index in [4.69, 9.17) is 16.3 Å². The van der Waals surface area contributed by atoms with Crippen LogP contribution in [0, 0.1) is 6.92 Å². The van der Waals surface area contributed by atoms with Gasteiger partial charge in [0.05, 0.1) is 18.1 Å². The lowest BCUT2D eigenvalue weighted by molar-refractivity contribution is -0.0570. The van der Waals surface area contributed by atoms with E-state index in [1.54, 1.807) is 0 Å². The van der Waals surface area contributed by atoms with Crippen molar-refractivity contribution >= 4 is 17.5 Å². The average molecular weight is 268 g/mol. The first-order valence-electron chi connectivity index (χ1n) is 6.17. The van der Waals surface area contributed by atoms with Crippen LogP contribution in [-0.2, 0) is 4.74 Å². The summed E-state index contributed by atoms with van der Waals surface area (Å²) in [4.78, 5) is 14.2. The fourth-order valence-electron chi connectivity index (χ4n) is 2.26. The number of carbonyl (C=O) groups excluding carboxylic acids is 1. The Kier molecular flexibility index (Phi) is 4.25. The summed E-state index contributed by atoms with van der Waals surface area (Å²) in [5.41, 5.74) is 1.83. The molecule has 0 spiro atoms. The molecule has 1 aliphatic rings. The number of nitrogens with zero attached hydrogens (tertiary/aromatic N) is 1. The number of benzene rings is 1. The van der Waals surface area contributed by atoms with Crippen molar-refractivity contribution in [1.29, 1.82) is 0 Å². The molecule has 2 atom stereocenters. The number of alkyl halides is 1. The Labute approximate surface area is 113 Å². The maximum absolute atomic E-state index is 12.4. The molecule has 3 nitrogen and oxygen atoms in total. The van der Waals surface area contributed by atoms with E-state index in [-0.39, 0.29) is 18.1 Å². The molecule has 0 aromatic heterocycles. The van der Waals surface area contributed by atoms with Crippen LogP contribution in [0.3, 0.4) is 0 Å². The number of halogens is 1. The molecule has 0 aliphatic carbocycles. The van der Waals surface area contributed by atoms with Crippen LogP contribution in [0.4, 0.5) is 0 Å². The summed E-state index contributed by atoms with van der Waals surface area (Å²) in [7, 11) is 0. The van der Waals surface area contributed by atoms with Crippen LogP contribution in [0.5, 0.6) is 0 Å². The number of hydrogen-bond donors (Lipinski definition) is 0. The van der Waals surface area contributed by atoms with Crippen LogP contribution in [-0.4, -0.2) is 42.0 Å². The minimum atomic E-state index is -0.0656. The third-order valence-corrected chi connectivity index (χ3v) is 3.39. The third-order valence-electron chi connectivity index (χ3n) is 3.05. The Bertz CT molecular complexity index is 436. The Morgan fingerprint density at radius 3 is 2.94 bits per heavy atom. The lowest BCUT2D eigenvalue weighted by Crippen LogP contribution is -2.49. The lowest BCUT2D eigenvalue weighted by Gasteiger charge is -2.36. The van der Waals surface area contributed by atoms with E-state index in [1.807, 2.05) is 43.0 Å². The summed E-state index contributed by atoms with van der Waals surface area (Å²) in [6.07, 6.45) is -0.0274. The van der Waals surface area contributed by atoms with Crippen molar-refractivity contribution in [1.82, 2.24) is 4.90 Å². The highest BCUT2D eigenvalue weighted by molar-refractivity contribution is 6.18. The topological polar surface area (TPSA) is 29.5 Å². The zero-order valence-corrected chi connectivity index (χ0v) is 11.5. The Hall–Kier alpha value is -1.06. The molecule has 4 heteroatoms. The number of hydrogen-bond acceptors (Lipinski definition) is 2. The highest BCUT2D eigenvalue weighted by Gasteiger charge is 2.28. The second-order valence-electron chi connectivity index (χ2n) is 4.80. The monoisotopic (exact) mass is 267 g/mol. The van der Waals surface area contributed by atoms with Gasteiger partial charge in [-0.3, -0.25) is 4.79 Å². The number of amides is 1. The van der Waals surface area contributed by atoms with Gasteiger partial charge in [0.2, 0.25) is 0 Å². The van der Waals surface area contributed by atoms with Gasteiger partial charge in [-0.2, -0.15) is 0 Å². The van der Waals surface area contributed by atoms with Crippen molar-refractivity contribution in [2.75, 3.05) is 19.0 Å². The molecule has 1 aromatic rings. The van der Waals surface area contributed by atoms with E-state index in [2.05, 4.69) is 0 Å². The van der Waals surface area contributed by atoms with Gasteiger partial charge in [-0.25, -0.2) is 0 Å². The summed E-state index contributed by atoms with van der Waals surface area (Å²) in [5.74, 6) is 0.478. The van der Waals surface area contributed by atoms with Gasteiger partial charge in [-0.15, -0.1) is 11.6 Å². The molecule has 98 valence electrons. The van der Waals surface area contributed by atoms with Gasteiger partial charge < -0.3 is 9.64 Å². The molecule has 1 fully saturated rings. The highest BCUT2D eigenvalue weighted by Crippen LogP contribution is 2.16. The number of morpholine rings is 1. The molecule has 1 heterocycles. The predicted octanol–water partition coefficient (Wildman–Crippen LogP) is 2.46. The van der Waals surface area contributed by atoms with Gasteiger partial charge in [-0.1, -0.05) is 17.7 Å². The Morgan fingerprint density at radius 2 is 2.28 bits per heavy atom. The van der Waals surface area contributed by atoms with Crippen LogP contribution in [0.2, 0.25) is 0 Å². The van der Waals surface area contributed by atoms with Gasteiger partial charge in [-0.05, 0) is 26.0 Å². The van der Waals surface area contributed by atoms with Gasteiger partial charge in [0.15, 0.2) is 0 Å². The fraction of sp³-hybridized carbons (Fsp3) is 0.500. The molecule has 2 unspecified atom stereocenters. The smallest absolute Gasteiger partial charge is 0.254 e. The number of rotatable bonds is 2. The number of carbonyl (C=O) groups is 1. The van der Waals surface area contributed by atoms with E-state index in [1.165, 1.54) is 0 Å². The predicted molar refractivity (Wildman–Crippen MR) is 72.1 cm³/mol. The largest absolute Gasteiger partial charge is 0.370 e. The molecule has 2 rings (SSSR count). The van der Waals surface area contributed by atoms with Crippen LogP contribution in [0.15, 0.2) is 24.3 Å². The van der Waals surface area contributed by atoms with Crippen molar-refractivity contribution in [3.8, 4) is 0 Å². The average Bonchev–Trinajstić information content (AvgIpc) is 2.37. The van der Waals surface area contributed by atoms with Gasteiger partial charge >= 0.3 is 0 Å². The van der Waals surface area contributed by atoms with Crippen LogP contribution in [0.25, 0.3) is 0 Å². The van der Waals surface area contributed by atoms with Crippen molar-refractivity contribution in [2.24, 2.45) is 0 Å². The van der Waals surface area contributed by atoms with Gasteiger partial charge in [0.25, 0.3) is 5.91 Å². The van der Waals surface area contributed by atoms with Crippen molar-refractivity contribution in [3.63, 3.8) is 0 Å². The first-order valence-corrected chi connectivity index (χ1v) is 6.71. The standard InChI is InChI=1S/C14H18ClNO2/c1-10-4-3-5-12(6-10)14(17)16-8-11(2)18-13(7-15)9-16/h3-6,11,13H,7-9H2,1-2H3. The molecule has 0 saturated carbocycles. The van der Waals surface area contributed by atoms with E-state index < -0.39 is 0 Å². The second-order valence-corrected chi connectivity index (χ2v) is 5.11. The van der Waals surface area contributed by atoms with Crippen molar-refractivity contribution in [2.45, 2.75) is 26.1 Å². The first-order chi connectivity index (χ1) is 8.60. The molecule has 18 heavy (non-hydrogen) atoms. The summed E-state index contributed by atoms with van der Waals surface area (Å²) in [6.45, 7) is 5.15. The maximum Gasteiger partial charge on any atom is 0.254 e. The molecule has 1 saturated heterocycles. The zero-order chi connectivity index (χ0) is 13.1. The van der Waals surface area contributed by atoms with Crippen LogP contribution < -0.4 is 0 Å². The molecular formula is C14H18ClNO2. The Balaban J connectivity index is 2.13. The normalized spacial score (nSPS) is 24.1. The van der Waals surface area contributed by atoms with Gasteiger partial charge in [0.1, 0.15) is 0 Å². The van der Waals surface area contributed by atoms with Crippen molar-refractivity contribution in [3.05, 3.63) is 35.4 Å². The quantitative estimate of drug-likeness (QED) is 0.771. The van der Waals surface area contributed by atoms with Crippen molar-refractivity contribution < 1.29 is 9.53 Å². The molecule has 0 radical (unpaired) electrons. The van der Waals surface area contributed by atoms with Gasteiger partial charge in [0, 0.05) is 18.7 Å². The highest BCUT2D eigenvalue weighted by atomic mass is 35.5. The van der Waals surface area contributed by atoms with E-state index >= 15 is 0 Å². The molecule has 1 aliphatic heterocycles. The number of aryl methyl sites for hydroxylation is 1. The van der Waals surface area contributed by atoms with Crippen LogP contribution >= 0.6 is 11.6 Å². The molecular weight excluding hydrogens is 250 g/mol. The second kappa shape index (κ2) is 5.72. The van der Waals surface area contributed by atoms with E-state index in [0.717, 1.165) is 11.1 Å². The fourth-order valence-corrected chi connectivity index (χ4v) is 2.43. The Morgan fingerprint density at radius 1 is 1.50 bits per heavy atom. The summed E-state index contributed by atoms with van der Waals surface area (Å²) in [5, 5.41) is 0.